The van der Waals surface area contributed by atoms with Gasteiger partial charge in [-0.05, 0) is 44.6 Å². The first-order valence-corrected chi connectivity index (χ1v) is 8.53. The van der Waals surface area contributed by atoms with Crippen molar-refractivity contribution < 1.29 is 12.8 Å². The first-order chi connectivity index (χ1) is 10.1. The quantitative estimate of drug-likeness (QED) is 0.843. The van der Waals surface area contributed by atoms with Gasteiger partial charge in [0.1, 0.15) is 0 Å². The summed E-state index contributed by atoms with van der Waals surface area (Å²) in [6.45, 7) is 3.69. The Morgan fingerprint density at radius 3 is 2.81 bits per heavy atom. The van der Waals surface area contributed by atoms with E-state index in [-0.39, 0.29) is 0 Å². The van der Waals surface area contributed by atoms with Crippen LogP contribution in [0, 0.1) is 5.82 Å². The molecule has 1 fully saturated rings. The van der Waals surface area contributed by atoms with Crippen LogP contribution in [0.25, 0.3) is 0 Å². The number of sulfonamides is 1. The predicted octanol–water partition coefficient (Wildman–Crippen LogP) is 0.266. The molecule has 0 amide bonds. The number of nitrogens with zero attached hydrogens (tertiary/aromatic N) is 3. The summed E-state index contributed by atoms with van der Waals surface area (Å²) in [6.07, 6.45) is 2.90. The second-order valence-electron chi connectivity index (χ2n) is 5.03. The zero-order valence-electron chi connectivity index (χ0n) is 11.9. The molecule has 2 N–H and O–H groups in total. The highest BCUT2D eigenvalue weighted by Gasteiger charge is 2.30. The molecule has 0 radical (unpaired) electrons. The Kier molecular flexibility index (Phi) is 5.63. The molecular weight excluding hydrogens is 295 g/mol. The van der Waals surface area contributed by atoms with Crippen molar-refractivity contribution in [1.82, 2.24) is 14.2 Å². The van der Waals surface area contributed by atoms with Crippen LogP contribution in [0.15, 0.2) is 23.4 Å². The monoisotopic (exact) mass is 316 g/mol. The van der Waals surface area contributed by atoms with Gasteiger partial charge in [-0.15, -0.1) is 0 Å². The van der Waals surface area contributed by atoms with Gasteiger partial charge in [-0.3, -0.25) is 0 Å². The maximum atomic E-state index is 13.7. The highest BCUT2D eigenvalue weighted by atomic mass is 32.2. The van der Waals surface area contributed by atoms with E-state index in [9.17, 15) is 12.8 Å². The number of hydrogen-bond acceptors (Lipinski definition) is 5. The molecule has 2 rings (SSSR count). The van der Waals surface area contributed by atoms with Gasteiger partial charge in [-0.1, -0.05) is 0 Å². The molecule has 0 unspecified atom stereocenters. The van der Waals surface area contributed by atoms with Gasteiger partial charge < -0.3 is 10.6 Å². The van der Waals surface area contributed by atoms with Crippen LogP contribution < -0.4 is 5.73 Å². The number of rotatable bonds is 5. The molecule has 1 aliphatic heterocycles. The van der Waals surface area contributed by atoms with E-state index in [0.29, 0.717) is 26.2 Å². The lowest BCUT2D eigenvalue weighted by Gasteiger charge is -2.21. The van der Waals surface area contributed by atoms with Crippen molar-refractivity contribution in [3.63, 3.8) is 0 Å². The summed E-state index contributed by atoms with van der Waals surface area (Å²) in [4.78, 5) is 5.88. The van der Waals surface area contributed by atoms with Crippen LogP contribution in [-0.2, 0) is 10.0 Å². The molecule has 2 heterocycles. The standard InChI is InChI=1S/C13H21FN4O2S/c14-12-4-1-6-16-13(12)21(19,20)18-9-3-8-17(10-11-18)7-2-5-15/h1,4,6H,2-3,5,7-11,15H2. The average Bonchev–Trinajstić information content (AvgIpc) is 2.71. The molecule has 118 valence electrons. The van der Waals surface area contributed by atoms with Gasteiger partial charge in [-0.25, -0.2) is 17.8 Å². The average molecular weight is 316 g/mol. The van der Waals surface area contributed by atoms with Crippen molar-refractivity contribution in [2.45, 2.75) is 17.9 Å². The lowest BCUT2D eigenvalue weighted by atomic mass is 10.3. The molecule has 8 heteroatoms. The number of hydrogen-bond donors (Lipinski definition) is 1. The fourth-order valence-corrected chi connectivity index (χ4v) is 3.85. The zero-order valence-corrected chi connectivity index (χ0v) is 12.7. The van der Waals surface area contributed by atoms with Crippen LogP contribution in [-0.4, -0.2) is 61.9 Å². The van der Waals surface area contributed by atoms with E-state index >= 15 is 0 Å². The molecule has 0 bridgehead atoms. The Morgan fingerprint density at radius 2 is 2.10 bits per heavy atom. The Bertz CT molecular complexity index is 567. The van der Waals surface area contributed by atoms with Crippen LogP contribution in [0.2, 0.25) is 0 Å². The smallest absolute Gasteiger partial charge is 0.263 e. The molecular formula is C13H21FN4O2S. The summed E-state index contributed by atoms with van der Waals surface area (Å²) in [5, 5.41) is -0.486. The van der Waals surface area contributed by atoms with Crippen LogP contribution in [0.1, 0.15) is 12.8 Å². The minimum atomic E-state index is -3.86. The van der Waals surface area contributed by atoms with Crippen molar-refractivity contribution in [2.24, 2.45) is 5.73 Å². The van der Waals surface area contributed by atoms with Gasteiger partial charge in [0.05, 0.1) is 0 Å². The number of nitrogens with two attached hydrogens (primary N) is 1. The summed E-state index contributed by atoms with van der Waals surface area (Å²) in [5.41, 5.74) is 5.49. The van der Waals surface area contributed by atoms with Gasteiger partial charge in [0, 0.05) is 25.8 Å². The molecule has 0 aromatic carbocycles. The van der Waals surface area contributed by atoms with Gasteiger partial charge in [0.2, 0.25) is 5.03 Å². The third-order valence-corrected chi connectivity index (χ3v) is 5.37. The van der Waals surface area contributed by atoms with Crippen molar-refractivity contribution in [3.8, 4) is 0 Å². The van der Waals surface area contributed by atoms with Crippen molar-refractivity contribution in [3.05, 3.63) is 24.1 Å². The van der Waals surface area contributed by atoms with E-state index in [4.69, 9.17) is 5.73 Å². The Hall–Kier alpha value is -1.09. The largest absolute Gasteiger partial charge is 0.330 e. The molecule has 1 aromatic rings. The van der Waals surface area contributed by atoms with Gasteiger partial charge in [-0.2, -0.15) is 4.31 Å². The fraction of sp³-hybridized carbons (Fsp3) is 0.615. The molecule has 0 spiro atoms. The first-order valence-electron chi connectivity index (χ1n) is 7.09. The summed E-state index contributed by atoms with van der Waals surface area (Å²) >= 11 is 0. The summed E-state index contributed by atoms with van der Waals surface area (Å²) in [7, 11) is -3.86. The molecule has 21 heavy (non-hydrogen) atoms. The summed E-state index contributed by atoms with van der Waals surface area (Å²) in [6, 6.07) is 2.50. The maximum Gasteiger partial charge on any atom is 0.263 e. The molecule has 0 atom stereocenters. The number of aromatic nitrogens is 1. The second-order valence-corrected chi connectivity index (χ2v) is 6.89. The van der Waals surface area contributed by atoms with Crippen LogP contribution in [0.3, 0.4) is 0 Å². The molecule has 6 nitrogen and oxygen atoms in total. The highest BCUT2D eigenvalue weighted by Crippen LogP contribution is 2.18. The lowest BCUT2D eigenvalue weighted by molar-refractivity contribution is 0.284. The normalized spacial score (nSPS) is 18.6. The molecule has 0 aliphatic carbocycles. The lowest BCUT2D eigenvalue weighted by Crippen LogP contribution is -2.36. The summed E-state index contributed by atoms with van der Waals surface area (Å²) in [5.74, 6) is -0.804. The maximum absolute atomic E-state index is 13.7. The van der Waals surface area contributed by atoms with Crippen molar-refractivity contribution in [1.29, 1.82) is 0 Å². The van der Waals surface area contributed by atoms with E-state index in [1.54, 1.807) is 0 Å². The van der Waals surface area contributed by atoms with Crippen molar-refractivity contribution >= 4 is 10.0 Å². The fourth-order valence-electron chi connectivity index (χ4n) is 2.41. The molecule has 1 aromatic heterocycles. The molecule has 1 saturated heterocycles. The second kappa shape index (κ2) is 7.26. The molecule has 0 saturated carbocycles. The van der Waals surface area contributed by atoms with Crippen LogP contribution in [0.4, 0.5) is 4.39 Å². The number of pyridine rings is 1. The van der Waals surface area contributed by atoms with Crippen molar-refractivity contribution in [2.75, 3.05) is 39.3 Å². The molecule has 1 aliphatic rings. The minimum absolute atomic E-state index is 0.350. The van der Waals surface area contributed by atoms with E-state index in [0.717, 1.165) is 32.0 Å². The van der Waals surface area contributed by atoms with E-state index < -0.39 is 20.9 Å². The first kappa shape index (κ1) is 16.3. The highest BCUT2D eigenvalue weighted by molar-refractivity contribution is 7.89. The van der Waals surface area contributed by atoms with Gasteiger partial charge in [0.25, 0.3) is 10.0 Å². The Balaban J connectivity index is 2.09. The van der Waals surface area contributed by atoms with Gasteiger partial charge >= 0.3 is 0 Å². The van der Waals surface area contributed by atoms with E-state index in [2.05, 4.69) is 9.88 Å². The van der Waals surface area contributed by atoms with E-state index in [1.807, 2.05) is 0 Å². The van der Waals surface area contributed by atoms with Crippen LogP contribution in [0.5, 0.6) is 0 Å². The van der Waals surface area contributed by atoms with E-state index in [1.165, 1.54) is 16.6 Å². The van der Waals surface area contributed by atoms with Crippen LogP contribution >= 0.6 is 0 Å². The topological polar surface area (TPSA) is 79.5 Å². The Morgan fingerprint density at radius 1 is 1.29 bits per heavy atom. The number of halogens is 1. The Labute approximate surface area is 124 Å². The predicted molar refractivity (Wildman–Crippen MR) is 77.7 cm³/mol. The third-order valence-electron chi connectivity index (χ3n) is 3.53. The third kappa shape index (κ3) is 3.97. The summed E-state index contributed by atoms with van der Waals surface area (Å²) < 4.78 is 39.9. The zero-order chi connectivity index (χ0) is 15.3. The SMILES string of the molecule is NCCCN1CCCN(S(=O)(=O)c2ncccc2F)CC1. The minimum Gasteiger partial charge on any atom is -0.330 e. The van der Waals surface area contributed by atoms with Gasteiger partial charge in [0.15, 0.2) is 5.82 Å².